The predicted molar refractivity (Wildman–Crippen MR) is 112 cm³/mol. The van der Waals surface area contributed by atoms with Gasteiger partial charge in [-0.05, 0) is 51.5 Å². The third-order valence-electron chi connectivity index (χ3n) is 3.91. The number of alkyl halides is 1. The largest absolute Gasteiger partial charge is 0.505 e. The lowest BCUT2D eigenvalue weighted by Gasteiger charge is -2.42. The van der Waals surface area contributed by atoms with Crippen LogP contribution in [0.3, 0.4) is 0 Å². The van der Waals surface area contributed by atoms with E-state index < -0.39 is 17.4 Å². The summed E-state index contributed by atoms with van der Waals surface area (Å²) in [5.74, 6) is 0. The Hall–Kier alpha value is 0.964. The highest BCUT2D eigenvalue weighted by Crippen LogP contribution is 2.39. The van der Waals surface area contributed by atoms with Crippen LogP contribution in [0.4, 0.5) is 0 Å². The Kier molecular flexibility index (Phi) is 14.6. The van der Waals surface area contributed by atoms with Gasteiger partial charge in [-0.1, -0.05) is 35.9 Å². The molecule has 0 heterocycles. The van der Waals surface area contributed by atoms with Gasteiger partial charge in [0.05, 0.1) is 5.16 Å². The highest BCUT2D eigenvalue weighted by molar-refractivity contribution is 14.1. The first kappa shape index (κ1) is 25.0. The number of hydrogen-bond acceptors (Lipinski definition) is 5. The normalized spacial score (nSPS) is 14.1. The Labute approximate surface area is 164 Å². The summed E-state index contributed by atoms with van der Waals surface area (Å²) >= 11 is 2.42. The lowest BCUT2D eigenvalue weighted by Crippen LogP contribution is -2.61. The van der Waals surface area contributed by atoms with Crippen LogP contribution in [0.1, 0.15) is 54.4 Å². The van der Waals surface area contributed by atoms with E-state index in [9.17, 15) is 0 Å². The van der Waals surface area contributed by atoms with Crippen molar-refractivity contribution in [1.29, 1.82) is 0 Å². The first-order valence-corrected chi connectivity index (χ1v) is 14.7. The minimum absolute atomic E-state index is 0.0407. The summed E-state index contributed by atoms with van der Waals surface area (Å²) in [7, 11) is -5.36. The second kappa shape index (κ2) is 14.1. The molecule has 0 saturated heterocycles. The average molecular weight is 493 g/mol. The molecule has 0 rings (SSSR count). The molecule has 0 bridgehead atoms. The van der Waals surface area contributed by atoms with Gasteiger partial charge < -0.3 is 22.1 Å². The standard InChI is InChI=1S/C16H37IO5Si2/c1-7-18-23(19-8-2,15-13-12-14-17)16(6)24(20-9-3,21-10-4)22-11-5/h16H,7-15H2,1-6H3. The van der Waals surface area contributed by atoms with Gasteiger partial charge in [0, 0.05) is 33.0 Å². The van der Waals surface area contributed by atoms with E-state index in [4.69, 9.17) is 22.1 Å². The molecule has 0 fully saturated rings. The maximum atomic E-state index is 6.33. The highest BCUT2D eigenvalue weighted by atomic mass is 127. The molecule has 24 heavy (non-hydrogen) atoms. The molecule has 0 aromatic heterocycles. The van der Waals surface area contributed by atoms with Crippen molar-refractivity contribution in [2.45, 2.75) is 65.6 Å². The van der Waals surface area contributed by atoms with Gasteiger partial charge in [-0.15, -0.1) is 0 Å². The van der Waals surface area contributed by atoms with Crippen molar-refractivity contribution in [3.05, 3.63) is 0 Å². The molecule has 0 saturated carbocycles. The number of unbranched alkanes of at least 4 members (excludes halogenated alkanes) is 1. The average Bonchev–Trinajstić information content (AvgIpc) is 2.55. The summed E-state index contributed by atoms with van der Waals surface area (Å²) < 4.78 is 32.3. The van der Waals surface area contributed by atoms with Gasteiger partial charge >= 0.3 is 17.4 Å². The van der Waals surface area contributed by atoms with Gasteiger partial charge in [-0.3, -0.25) is 0 Å². The maximum absolute atomic E-state index is 6.33. The first-order chi connectivity index (χ1) is 11.5. The third kappa shape index (κ3) is 7.30. The molecule has 0 amide bonds. The molecule has 0 N–H and O–H groups in total. The number of hydrogen-bond donors (Lipinski definition) is 0. The van der Waals surface area contributed by atoms with Crippen molar-refractivity contribution in [2.24, 2.45) is 0 Å². The van der Waals surface area contributed by atoms with E-state index in [0.717, 1.165) is 16.9 Å². The fourth-order valence-corrected chi connectivity index (χ4v) is 12.6. The van der Waals surface area contributed by atoms with Gasteiger partial charge in [0.1, 0.15) is 0 Å². The van der Waals surface area contributed by atoms with Gasteiger partial charge in [0.15, 0.2) is 0 Å². The number of halogens is 1. The Morgan fingerprint density at radius 1 is 0.708 bits per heavy atom. The summed E-state index contributed by atoms with van der Waals surface area (Å²) in [6, 6.07) is 0.959. The third-order valence-corrected chi connectivity index (χ3v) is 14.1. The Morgan fingerprint density at radius 2 is 1.12 bits per heavy atom. The van der Waals surface area contributed by atoms with Gasteiger partial charge in [-0.25, -0.2) is 0 Å². The molecule has 0 aromatic rings. The van der Waals surface area contributed by atoms with Crippen LogP contribution >= 0.6 is 22.6 Å². The summed E-state index contributed by atoms with van der Waals surface area (Å²) in [5, 5.41) is 0.0407. The maximum Gasteiger partial charge on any atom is 0.505 e. The summed E-state index contributed by atoms with van der Waals surface area (Å²) in [6.45, 7) is 15.2. The zero-order chi connectivity index (χ0) is 18.5. The summed E-state index contributed by atoms with van der Waals surface area (Å²) in [4.78, 5) is 0. The molecule has 0 radical (unpaired) electrons. The van der Waals surface area contributed by atoms with Crippen LogP contribution < -0.4 is 0 Å². The second-order valence-electron chi connectivity index (χ2n) is 5.45. The molecule has 1 unspecified atom stereocenters. The van der Waals surface area contributed by atoms with E-state index >= 15 is 0 Å². The molecule has 0 aliphatic heterocycles. The van der Waals surface area contributed by atoms with Crippen LogP contribution in [0.15, 0.2) is 0 Å². The van der Waals surface area contributed by atoms with Crippen LogP contribution in [0.25, 0.3) is 0 Å². The Balaban J connectivity index is 5.68. The van der Waals surface area contributed by atoms with Crippen LogP contribution in [0, 0.1) is 0 Å². The molecule has 0 aliphatic carbocycles. The predicted octanol–water partition coefficient (Wildman–Crippen LogP) is 4.69. The fraction of sp³-hybridized carbons (Fsp3) is 1.00. The first-order valence-electron chi connectivity index (χ1n) is 9.28. The molecule has 146 valence electrons. The van der Waals surface area contributed by atoms with Crippen LogP contribution in [0.2, 0.25) is 11.2 Å². The van der Waals surface area contributed by atoms with Crippen molar-refractivity contribution in [1.82, 2.24) is 0 Å². The summed E-state index contributed by atoms with van der Waals surface area (Å²) in [5.41, 5.74) is 0. The Bertz CT molecular complexity index is 287. The topological polar surface area (TPSA) is 46.2 Å². The number of rotatable bonds is 16. The van der Waals surface area contributed by atoms with Crippen LogP contribution in [0.5, 0.6) is 0 Å². The van der Waals surface area contributed by atoms with E-state index in [-0.39, 0.29) is 5.16 Å². The van der Waals surface area contributed by atoms with E-state index in [1.165, 1.54) is 6.42 Å². The molecule has 0 aromatic carbocycles. The molecule has 0 spiro atoms. The van der Waals surface area contributed by atoms with Crippen molar-refractivity contribution in [3.63, 3.8) is 0 Å². The quantitative estimate of drug-likeness (QED) is 0.135. The van der Waals surface area contributed by atoms with Crippen molar-refractivity contribution in [2.75, 3.05) is 37.5 Å². The lowest BCUT2D eigenvalue weighted by molar-refractivity contribution is 0.0608. The molecular weight excluding hydrogens is 455 g/mol. The van der Waals surface area contributed by atoms with Crippen molar-refractivity contribution >= 4 is 40.0 Å². The molecule has 8 heteroatoms. The minimum Gasteiger partial charge on any atom is -0.394 e. The lowest BCUT2D eigenvalue weighted by atomic mass is 10.4. The van der Waals surface area contributed by atoms with Crippen LogP contribution in [-0.4, -0.2) is 54.8 Å². The molecule has 5 nitrogen and oxygen atoms in total. The highest BCUT2D eigenvalue weighted by Gasteiger charge is 2.60. The van der Waals surface area contributed by atoms with Gasteiger partial charge in [0.25, 0.3) is 0 Å². The molecule has 0 aliphatic rings. The minimum atomic E-state index is -2.86. The Morgan fingerprint density at radius 3 is 1.46 bits per heavy atom. The SMILES string of the molecule is CCO[Si](CCCCI)(OCC)C(C)[Si](OCC)(OCC)OCC. The monoisotopic (exact) mass is 492 g/mol. The van der Waals surface area contributed by atoms with E-state index in [1.54, 1.807) is 0 Å². The van der Waals surface area contributed by atoms with Crippen molar-refractivity contribution in [3.8, 4) is 0 Å². The van der Waals surface area contributed by atoms with Gasteiger partial charge in [0.2, 0.25) is 0 Å². The van der Waals surface area contributed by atoms with Gasteiger partial charge in [-0.2, -0.15) is 0 Å². The smallest absolute Gasteiger partial charge is 0.394 e. The zero-order valence-corrected chi connectivity index (χ0v) is 20.5. The van der Waals surface area contributed by atoms with E-state index in [1.807, 2.05) is 34.6 Å². The van der Waals surface area contributed by atoms with Crippen LogP contribution in [-0.2, 0) is 22.1 Å². The van der Waals surface area contributed by atoms with E-state index in [2.05, 4.69) is 29.5 Å². The van der Waals surface area contributed by atoms with Crippen molar-refractivity contribution < 1.29 is 22.1 Å². The molecule has 1 atom stereocenters. The molecular formula is C16H37IO5Si2. The fourth-order valence-electron chi connectivity index (χ4n) is 2.98. The summed E-state index contributed by atoms with van der Waals surface area (Å²) in [6.07, 6.45) is 2.28. The second-order valence-corrected chi connectivity index (χ2v) is 13.6. The van der Waals surface area contributed by atoms with E-state index in [0.29, 0.717) is 33.0 Å². The zero-order valence-electron chi connectivity index (χ0n) is 16.4.